The Hall–Kier alpha value is -1.64. The van der Waals surface area contributed by atoms with E-state index in [2.05, 4.69) is 73.3 Å². The molecule has 0 saturated carbocycles. The van der Waals surface area contributed by atoms with Crippen LogP contribution >= 0.6 is 0 Å². The van der Waals surface area contributed by atoms with Crippen LogP contribution in [0.3, 0.4) is 0 Å². The summed E-state index contributed by atoms with van der Waals surface area (Å²) in [5.41, 5.74) is 9.86. The molecule has 1 heterocycles. The maximum Gasteiger partial charge on any atom is 0.0404 e. The number of piperidine rings is 1. The molecule has 0 aliphatic carbocycles. The maximum absolute atomic E-state index is 5.82. The highest BCUT2D eigenvalue weighted by Gasteiger charge is 2.31. The fraction of sp³-hybridized carbons (Fsp3) is 0.429. The summed E-state index contributed by atoms with van der Waals surface area (Å²) >= 11 is 0. The van der Waals surface area contributed by atoms with Crippen LogP contribution < -0.4 is 5.73 Å². The van der Waals surface area contributed by atoms with Gasteiger partial charge in [-0.1, -0.05) is 54.6 Å². The summed E-state index contributed by atoms with van der Waals surface area (Å²) in [6, 6.07) is 19.7. The first-order chi connectivity index (χ1) is 11.1. The van der Waals surface area contributed by atoms with Crippen molar-refractivity contribution in [2.24, 2.45) is 11.7 Å². The zero-order chi connectivity index (χ0) is 16.3. The lowest BCUT2D eigenvalue weighted by atomic mass is 9.87. The van der Waals surface area contributed by atoms with Gasteiger partial charge in [0.1, 0.15) is 0 Å². The Bertz CT molecular complexity index is 608. The lowest BCUT2D eigenvalue weighted by Gasteiger charge is -2.43. The van der Waals surface area contributed by atoms with Crippen LogP contribution in [0.4, 0.5) is 0 Å². The van der Waals surface area contributed by atoms with Crippen LogP contribution in [0.1, 0.15) is 32.3 Å². The van der Waals surface area contributed by atoms with Crippen molar-refractivity contribution < 1.29 is 0 Å². The molecule has 0 atom stereocenters. The van der Waals surface area contributed by atoms with E-state index < -0.39 is 0 Å². The van der Waals surface area contributed by atoms with E-state index in [-0.39, 0.29) is 5.54 Å². The van der Waals surface area contributed by atoms with Crippen molar-refractivity contribution in [2.45, 2.75) is 32.2 Å². The van der Waals surface area contributed by atoms with Gasteiger partial charge in [-0.2, -0.15) is 0 Å². The van der Waals surface area contributed by atoms with Crippen molar-refractivity contribution >= 4 is 0 Å². The highest BCUT2D eigenvalue weighted by Crippen LogP contribution is 2.33. The molecule has 0 bridgehead atoms. The first kappa shape index (κ1) is 16.2. The molecule has 0 aromatic heterocycles. The van der Waals surface area contributed by atoms with Gasteiger partial charge in [0.15, 0.2) is 0 Å². The fourth-order valence-electron chi connectivity index (χ4n) is 3.61. The summed E-state index contributed by atoms with van der Waals surface area (Å²) in [6.07, 6.45) is 2.45. The van der Waals surface area contributed by atoms with Gasteiger partial charge >= 0.3 is 0 Å². The second-order valence-corrected chi connectivity index (χ2v) is 7.17. The molecule has 2 nitrogen and oxygen atoms in total. The van der Waals surface area contributed by atoms with Crippen molar-refractivity contribution in [1.29, 1.82) is 0 Å². The number of likely N-dealkylation sites (tertiary alicyclic amines) is 1. The van der Waals surface area contributed by atoms with E-state index in [0.717, 1.165) is 19.6 Å². The summed E-state index contributed by atoms with van der Waals surface area (Å²) in [5.74, 6) is 0.711. The molecule has 1 saturated heterocycles. The highest BCUT2D eigenvalue weighted by molar-refractivity contribution is 5.63. The van der Waals surface area contributed by atoms with Crippen molar-refractivity contribution in [2.75, 3.05) is 19.6 Å². The zero-order valence-electron chi connectivity index (χ0n) is 14.3. The summed E-state index contributed by atoms with van der Waals surface area (Å²) in [5, 5.41) is 0. The molecule has 3 rings (SSSR count). The van der Waals surface area contributed by atoms with Gasteiger partial charge in [-0.25, -0.2) is 0 Å². The number of rotatable bonds is 4. The highest BCUT2D eigenvalue weighted by atomic mass is 15.2. The molecule has 0 unspecified atom stereocenters. The molecule has 2 aromatic rings. The molecular weight excluding hydrogens is 280 g/mol. The topological polar surface area (TPSA) is 29.3 Å². The first-order valence-corrected chi connectivity index (χ1v) is 8.72. The number of hydrogen-bond acceptors (Lipinski definition) is 2. The van der Waals surface area contributed by atoms with Crippen LogP contribution in [0.2, 0.25) is 0 Å². The van der Waals surface area contributed by atoms with Gasteiger partial charge in [0, 0.05) is 5.54 Å². The van der Waals surface area contributed by atoms with Gasteiger partial charge in [0.05, 0.1) is 0 Å². The number of nitrogens with zero attached hydrogens (tertiary/aromatic N) is 1. The van der Waals surface area contributed by atoms with Gasteiger partial charge in [0.2, 0.25) is 0 Å². The summed E-state index contributed by atoms with van der Waals surface area (Å²) < 4.78 is 0. The van der Waals surface area contributed by atoms with Crippen LogP contribution in [0.5, 0.6) is 0 Å². The Labute approximate surface area is 140 Å². The largest absolute Gasteiger partial charge is 0.330 e. The van der Waals surface area contributed by atoms with Crippen LogP contribution in [0, 0.1) is 5.92 Å². The molecule has 1 aliphatic heterocycles. The minimum atomic E-state index is 0.0782. The molecule has 1 fully saturated rings. The molecule has 2 N–H and O–H groups in total. The van der Waals surface area contributed by atoms with Gasteiger partial charge in [-0.15, -0.1) is 0 Å². The minimum absolute atomic E-state index is 0.0782. The minimum Gasteiger partial charge on any atom is -0.330 e. The maximum atomic E-state index is 5.82. The molecular formula is C21H28N2. The van der Waals surface area contributed by atoms with Gasteiger partial charge in [-0.3, -0.25) is 4.90 Å². The second-order valence-electron chi connectivity index (χ2n) is 7.17. The molecule has 2 aromatic carbocycles. The van der Waals surface area contributed by atoms with Crippen molar-refractivity contribution in [1.82, 2.24) is 4.90 Å². The normalized spacial score (nSPS) is 17.3. The Morgan fingerprint density at radius 1 is 0.913 bits per heavy atom. The molecule has 0 radical (unpaired) electrons. The van der Waals surface area contributed by atoms with Gasteiger partial charge in [-0.05, 0) is 68.9 Å². The molecule has 0 spiro atoms. The monoisotopic (exact) mass is 308 g/mol. The third-order valence-corrected chi connectivity index (χ3v) is 5.44. The lowest BCUT2D eigenvalue weighted by molar-refractivity contribution is 0.0748. The Morgan fingerprint density at radius 2 is 1.48 bits per heavy atom. The van der Waals surface area contributed by atoms with Gasteiger partial charge in [0.25, 0.3) is 0 Å². The Kier molecular flexibility index (Phi) is 4.84. The van der Waals surface area contributed by atoms with Crippen molar-refractivity contribution in [3.8, 4) is 11.1 Å². The second kappa shape index (κ2) is 6.86. The molecule has 1 aliphatic rings. The van der Waals surface area contributed by atoms with Crippen LogP contribution in [-0.4, -0.2) is 24.5 Å². The number of benzene rings is 2. The summed E-state index contributed by atoms with van der Waals surface area (Å²) in [4.78, 5) is 2.61. The SMILES string of the molecule is CC(C)(c1ccc(-c2ccccc2)cc1)N1CCC(CN)CC1. The quantitative estimate of drug-likeness (QED) is 0.914. The molecule has 2 heteroatoms. The summed E-state index contributed by atoms with van der Waals surface area (Å²) in [6.45, 7) is 7.81. The van der Waals surface area contributed by atoms with Gasteiger partial charge < -0.3 is 5.73 Å². The van der Waals surface area contributed by atoms with E-state index in [4.69, 9.17) is 5.73 Å². The van der Waals surface area contributed by atoms with Crippen LogP contribution in [0.15, 0.2) is 54.6 Å². The third kappa shape index (κ3) is 3.49. The zero-order valence-corrected chi connectivity index (χ0v) is 14.3. The van der Waals surface area contributed by atoms with E-state index in [1.54, 1.807) is 0 Å². The van der Waals surface area contributed by atoms with Crippen LogP contribution in [0.25, 0.3) is 11.1 Å². The number of nitrogens with two attached hydrogens (primary N) is 1. The molecule has 0 amide bonds. The van der Waals surface area contributed by atoms with E-state index in [1.165, 1.54) is 29.5 Å². The summed E-state index contributed by atoms with van der Waals surface area (Å²) in [7, 11) is 0. The van der Waals surface area contributed by atoms with E-state index in [1.807, 2.05) is 0 Å². The smallest absolute Gasteiger partial charge is 0.0404 e. The Morgan fingerprint density at radius 3 is 2.04 bits per heavy atom. The molecule has 23 heavy (non-hydrogen) atoms. The van der Waals surface area contributed by atoms with Crippen LogP contribution in [-0.2, 0) is 5.54 Å². The fourth-order valence-corrected chi connectivity index (χ4v) is 3.61. The van der Waals surface area contributed by atoms with E-state index in [0.29, 0.717) is 5.92 Å². The van der Waals surface area contributed by atoms with E-state index >= 15 is 0 Å². The lowest BCUT2D eigenvalue weighted by Crippen LogP contribution is -2.47. The van der Waals surface area contributed by atoms with Crippen molar-refractivity contribution in [3.63, 3.8) is 0 Å². The standard InChI is InChI=1S/C21H28N2/c1-21(2,23-14-12-17(16-22)13-15-23)20-10-8-19(9-11-20)18-6-4-3-5-7-18/h3-11,17H,12-16,22H2,1-2H3. The van der Waals surface area contributed by atoms with Crippen molar-refractivity contribution in [3.05, 3.63) is 60.2 Å². The molecule has 122 valence electrons. The third-order valence-electron chi connectivity index (χ3n) is 5.44. The number of hydrogen-bond donors (Lipinski definition) is 1. The average molecular weight is 308 g/mol. The predicted molar refractivity (Wildman–Crippen MR) is 98.3 cm³/mol. The average Bonchev–Trinajstić information content (AvgIpc) is 2.62. The Balaban J connectivity index is 1.75. The van der Waals surface area contributed by atoms with E-state index in [9.17, 15) is 0 Å². The predicted octanol–water partition coefficient (Wildman–Crippen LogP) is 4.26. The first-order valence-electron chi connectivity index (χ1n) is 8.72.